The maximum Gasteiger partial charge on any atom is 0.268 e. The minimum Gasteiger partial charge on any atom is -0.307 e. The summed E-state index contributed by atoms with van der Waals surface area (Å²) in [5, 5.41) is 42.2. The fourth-order valence-corrected chi connectivity index (χ4v) is 9.68. The Hall–Kier alpha value is -10.1. The van der Waals surface area contributed by atoms with Crippen molar-refractivity contribution < 1.29 is 9.59 Å². The number of carbonyl (C=O) groups is 2. The number of rotatable bonds is 7. The predicted molar refractivity (Wildman–Crippen MR) is 276 cm³/mol. The molecule has 0 aliphatic carbocycles. The fourth-order valence-electron chi connectivity index (χ4n) is 9.68. The molecule has 0 atom stereocenters. The topological polar surface area (TPSA) is 137 Å². The number of carbonyl (C=O) groups excluding carboxylic acids is 2. The molecule has 0 spiro atoms. The van der Waals surface area contributed by atoms with E-state index in [4.69, 9.17) is 0 Å². The summed E-state index contributed by atoms with van der Waals surface area (Å²) >= 11 is 0. The molecular weight excluding hydrogens is 861 g/mol. The summed E-state index contributed by atoms with van der Waals surface area (Å²) in [7, 11) is 0. The van der Waals surface area contributed by atoms with Crippen LogP contribution in [0, 0.1) is 45.3 Å². The Morgan fingerprint density at radius 2 is 0.814 bits per heavy atom. The van der Waals surface area contributed by atoms with E-state index in [0.717, 1.165) is 33.0 Å². The lowest BCUT2D eigenvalue weighted by Gasteiger charge is -2.24. The number of benzene rings is 9. The number of fused-ring (bicyclic) bond motifs is 4. The van der Waals surface area contributed by atoms with E-state index >= 15 is 9.59 Å². The lowest BCUT2D eigenvalue weighted by atomic mass is 9.90. The maximum absolute atomic E-state index is 15.9. The van der Waals surface area contributed by atoms with Gasteiger partial charge in [-0.1, -0.05) is 159 Å². The Bertz CT molecular complexity index is 3750. The van der Waals surface area contributed by atoms with Crippen molar-refractivity contribution >= 4 is 39.3 Å². The van der Waals surface area contributed by atoms with Crippen LogP contribution in [0.25, 0.3) is 83.1 Å². The normalized spacial score (nSPS) is 11.5. The van der Waals surface area contributed by atoms with Crippen LogP contribution in [0.3, 0.4) is 0 Å². The fraction of sp³-hybridized carbons (Fsp3) is 0.0323. The van der Waals surface area contributed by atoms with E-state index in [-0.39, 0.29) is 22.3 Å². The quantitative estimate of drug-likeness (QED) is 0.146. The molecule has 10 aromatic rings. The van der Waals surface area contributed by atoms with Crippen LogP contribution in [0.2, 0.25) is 0 Å². The summed E-state index contributed by atoms with van der Waals surface area (Å²) in [6.45, 7) is 4.00. The van der Waals surface area contributed by atoms with E-state index in [1.54, 1.807) is 48.5 Å². The molecule has 2 amide bonds. The molecule has 0 fully saturated rings. The molecule has 0 unspecified atom stereocenters. The molecule has 1 aliphatic rings. The number of hydrogen-bond donors (Lipinski definition) is 0. The van der Waals surface area contributed by atoms with Gasteiger partial charge in [0.25, 0.3) is 11.8 Å². The molecule has 11 rings (SSSR count). The molecule has 328 valence electrons. The van der Waals surface area contributed by atoms with Crippen LogP contribution in [0.4, 0.5) is 5.69 Å². The van der Waals surface area contributed by atoms with Crippen LogP contribution < -0.4 is 4.90 Å². The Kier molecular flexibility index (Phi) is 11.4. The minimum atomic E-state index is -0.528. The van der Waals surface area contributed by atoms with E-state index in [0.29, 0.717) is 66.9 Å². The number of amides is 2. The Balaban J connectivity index is 0.00000280. The standard InChI is InChI=1S/C60H32N6O2.C2H6/c61-33-37-25-27-45(43(29-37)35-63)47-19-10-21-49-50-22-11-20-48(46-28-26-38(34-62)30-44(46)36-64)57(50)65(56(47)49)54-24-12-23-51-55(54)60(68)66(59(51)67)58-52(40-15-6-2-7-16-40)31-42(39-13-4-1-5-14-39)32-53(58)41-17-8-3-9-18-41;1-2/h1-32H;1-2H3. The van der Waals surface area contributed by atoms with Gasteiger partial charge < -0.3 is 4.57 Å². The number of nitrogens with zero attached hydrogens (tertiary/aromatic N) is 6. The van der Waals surface area contributed by atoms with Crippen LogP contribution in [0.1, 0.15) is 56.8 Å². The third-order valence-corrected chi connectivity index (χ3v) is 12.7. The zero-order valence-electron chi connectivity index (χ0n) is 38.0. The van der Waals surface area contributed by atoms with Gasteiger partial charge in [0.05, 0.1) is 80.1 Å². The molecule has 8 nitrogen and oxygen atoms in total. The van der Waals surface area contributed by atoms with Crippen molar-refractivity contribution in [2.24, 2.45) is 0 Å². The maximum atomic E-state index is 15.9. The molecule has 8 heteroatoms. The average Bonchev–Trinajstić information content (AvgIpc) is 3.91. The summed E-state index contributed by atoms with van der Waals surface area (Å²) in [6.07, 6.45) is 0. The van der Waals surface area contributed by atoms with Crippen LogP contribution in [0.15, 0.2) is 194 Å². The highest BCUT2D eigenvalue weighted by Crippen LogP contribution is 2.49. The number of para-hydroxylation sites is 2. The van der Waals surface area contributed by atoms with Crippen molar-refractivity contribution in [2.75, 3.05) is 4.90 Å². The number of imide groups is 1. The SMILES string of the molecule is CC.N#Cc1ccc(-c2cccc3c4cccc(-c5ccc(C#N)cc5C#N)c4n(-c4cccc5c4C(=O)N(c4c(-c6ccccc6)cc(-c6ccccc6)cc4-c4ccccc4)C5=O)c23)c(C#N)c1. The third-order valence-electron chi connectivity index (χ3n) is 12.7. The molecule has 0 radical (unpaired) electrons. The van der Waals surface area contributed by atoms with Gasteiger partial charge in [-0.3, -0.25) is 9.59 Å². The van der Waals surface area contributed by atoms with Crippen LogP contribution in [-0.2, 0) is 0 Å². The van der Waals surface area contributed by atoms with Crippen molar-refractivity contribution in [3.8, 4) is 85.6 Å². The summed E-state index contributed by atoms with van der Waals surface area (Å²) in [5.41, 5.74) is 11.0. The van der Waals surface area contributed by atoms with Crippen LogP contribution in [-0.4, -0.2) is 16.4 Å². The number of nitriles is 4. The molecule has 1 aromatic heterocycles. The highest BCUT2D eigenvalue weighted by molar-refractivity contribution is 6.37. The highest BCUT2D eigenvalue weighted by Gasteiger charge is 2.42. The average molecular weight is 899 g/mol. The molecule has 9 aromatic carbocycles. The minimum absolute atomic E-state index is 0.173. The van der Waals surface area contributed by atoms with Crippen molar-refractivity contribution in [1.82, 2.24) is 4.57 Å². The summed E-state index contributed by atoms with van der Waals surface area (Å²) in [5.74, 6) is -1.02. The van der Waals surface area contributed by atoms with Gasteiger partial charge in [0.15, 0.2) is 0 Å². The van der Waals surface area contributed by atoms with Crippen LogP contribution >= 0.6 is 0 Å². The Labute approximate surface area is 404 Å². The van der Waals surface area contributed by atoms with Crippen molar-refractivity contribution in [1.29, 1.82) is 21.0 Å². The van der Waals surface area contributed by atoms with Gasteiger partial charge in [-0.05, 0) is 70.8 Å². The molecule has 2 heterocycles. The number of aromatic nitrogens is 1. The predicted octanol–water partition coefficient (Wildman–Crippen LogP) is 14.4. The van der Waals surface area contributed by atoms with Gasteiger partial charge in [-0.2, -0.15) is 21.0 Å². The third kappa shape index (κ3) is 7.15. The van der Waals surface area contributed by atoms with Gasteiger partial charge in [0.1, 0.15) is 0 Å². The zero-order chi connectivity index (χ0) is 48.5. The lowest BCUT2D eigenvalue weighted by molar-refractivity contribution is 0.0926. The van der Waals surface area contributed by atoms with Gasteiger partial charge in [0, 0.05) is 44.2 Å². The molecule has 70 heavy (non-hydrogen) atoms. The van der Waals surface area contributed by atoms with Gasteiger partial charge >= 0.3 is 0 Å². The van der Waals surface area contributed by atoms with E-state index in [1.165, 1.54) is 4.90 Å². The Morgan fingerprint density at radius 1 is 0.371 bits per heavy atom. The number of anilines is 1. The van der Waals surface area contributed by atoms with Crippen LogP contribution in [0.5, 0.6) is 0 Å². The number of hydrogen-bond acceptors (Lipinski definition) is 6. The van der Waals surface area contributed by atoms with E-state index in [2.05, 4.69) is 24.3 Å². The van der Waals surface area contributed by atoms with Gasteiger partial charge in [-0.15, -0.1) is 0 Å². The molecule has 0 bridgehead atoms. The van der Waals surface area contributed by atoms with Crippen molar-refractivity contribution in [2.45, 2.75) is 13.8 Å². The van der Waals surface area contributed by atoms with E-state index in [9.17, 15) is 21.0 Å². The largest absolute Gasteiger partial charge is 0.307 e. The molecule has 0 saturated heterocycles. The molecule has 0 saturated carbocycles. The monoisotopic (exact) mass is 898 g/mol. The van der Waals surface area contributed by atoms with Gasteiger partial charge in [0.2, 0.25) is 0 Å². The second-order valence-corrected chi connectivity index (χ2v) is 16.4. The Morgan fingerprint density at radius 3 is 1.27 bits per heavy atom. The first kappa shape index (κ1) is 43.8. The first-order chi connectivity index (χ1) is 34.4. The molecular formula is C62H38N6O2. The second-order valence-electron chi connectivity index (χ2n) is 16.4. The van der Waals surface area contributed by atoms with E-state index < -0.39 is 11.8 Å². The summed E-state index contributed by atoms with van der Waals surface area (Å²) in [4.78, 5) is 32.6. The lowest BCUT2D eigenvalue weighted by Crippen LogP contribution is -2.30. The summed E-state index contributed by atoms with van der Waals surface area (Å²) < 4.78 is 1.97. The smallest absolute Gasteiger partial charge is 0.268 e. The van der Waals surface area contributed by atoms with Crippen molar-refractivity contribution in [3.63, 3.8) is 0 Å². The molecule has 0 N–H and O–H groups in total. The van der Waals surface area contributed by atoms with E-state index in [1.807, 2.05) is 164 Å². The van der Waals surface area contributed by atoms with Crippen molar-refractivity contribution in [3.05, 3.63) is 228 Å². The second kappa shape index (κ2) is 18.3. The molecule has 1 aliphatic heterocycles. The first-order valence-electron chi connectivity index (χ1n) is 22.7. The summed E-state index contributed by atoms with van der Waals surface area (Å²) in [6, 6.07) is 69.2. The van der Waals surface area contributed by atoms with Gasteiger partial charge in [-0.25, -0.2) is 4.90 Å². The zero-order valence-corrected chi connectivity index (χ0v) is 38.0. The highest BCUT2D eigenvalue weighted by atomic mass is 16.2. The first-order valence-corrected chi connectivity index (χ1v) is 22.7.